The summed E-state index contributed by atoms with van der Waals surface area (Å²) in [6.45, 7) is 0. The number of hydrogen-bond donors (Lipinski definition) is 2. The zero-order chi connectivity index (χ0) is 8.27. The molecule has 0 aliphatic carbocycles. The van der Waals surface area contributed by atoms with Gasteiger partial charge in [0.05, 0.1) is 11.1 Å². The van der Waals surface area contributed by atoms with Gasteiger partial charge in [0.2, 0.25) is 0 Å². The summed E-state index contributed by atoms with van der Waals surface area (Å²) >= 11 is 0. The summed E-state index contributed by atoms with van der Waals surface area (Å²) in [6, 6.07) is 1.90. The molecule has 0 saturated heterocycles. The lowest BCUT2D eigenvalue weighted by molar-refractivity contribution is 0.0963. The summed E-state index contributed by atoms with van der Waals surface area (Å²) < 4.78 is 0. The quantitative estimate of drug-likeness (QED) is 0.600. The Morgan fingerprint density at radius 2 is 2.45 bits per heavy atom. The SMILES string of the molecule is CNC(=O)c1c[nH]cc1C#N. The molecule has 11 heavy (non-hydrogen) atoms. The summed E-state index contributed by atoms with van der Waals surface area (Å²) in [7, 11) is 1.52. The Balaban J connectivity index is 3.05. The van der Waals surface area contributed by atoms with Crippen LogP contribution in [0.2, 0.25) is 0 Å². The van der Waals surface area contributed by atoms with Crippen LogP contribution in [-0.4, -0.2) is 17.9 Å². The number of carbonyl (C=O) groups is 1. The van der Waals surface area contributed by atoms with Crippen LogP contribution in [0.3, 0.4) is 0 Å². The van der Waals surface area contributed by atoms with Gasteiger partial charge < -0.3 is 10.3 Å². The Hall–Kier alpha value is -1.76. The number of hydrogen-bond acceptors (Lipinski definition) is 2. The van der Waals surface area contributed by atoms with Crippen molar-refractivity contribution < 1.29 is 4.79 Å². The normalized spacial score (nSPS) is 8.73. The first-order valence-corrected chi connectivity index (χ1v) is 3.08. The molecule has 0 unspecified atom stereocenters. The minimum Gasteiger partial charge on any atom is -0.366 e. The molecule has 1 aromatic heterocycles. The Morgan fingerprint density at radius 1 is 1.73 bits per heavy atom. The number of H-pyrrole nitrogens is 1. The van der Waals surface area contributed by atoms with E-state index in [2.05, 4.69) is 10.3 Å². The second kappa shape index (κ2) is 2.88. The first kappa shape index (κ1) is 7.35. The molecule has 0 fully saturated rings. The third-order valence-electron chi connectivity index (χ3n) is 1.34. The van der Waals surface area contributed by atoms with E-state index in [-0.39, 0.29) is 5.91 Å². The van der Waals surface area contributed by atoms with E-state index in [9.17, 15) is 4.79 Å². The smallest absolute Gasteiger partial charge is 0.253 e. The minimum atomic E-state index is -0.247. The number of aromatic amines is 1. The second-order valence-electron chi connectivity index (χ2n) is 1.97. The number of rotatable bonds is 1. The number of nitrogens with one attached hydrogen (secondary N) is 2. The Kier molecular flexibility index (Phi) is 1.93. The zero-order valence-corrected chi connectivity index (χ0v) is 6.01. The van der Waals surface area contributed by atoms with Crippen molar-refractivity contribution in [2.45, 2.75) is 0 Å². The third kappa shape index (κ3) is 1.22. The van der Waals surface area contributed by atoms with E-state index in [1.807, 2.05) is 6.07 Å². The molecule has 0 saturated carbocycles. The number of aromatic nitrogens is 1. The fourth-order valence-corrected chi connectivity index (χ4v) is 0.779. The van der Waals surface area contributed by atoms with E-state index in [0.717, 1.165) is 0 Å². The van der Waals surface area contributed by atoms with Crippen LogP contribution in [0.25, 0.3) is 0 Å². The molecule has 1 heterocycles. The van der Waals surface area contributed by atoms with E-state index in [4.69, 9.17) is 5.26 Å². The second-order valence-corrected chi connectivity index (χ2v) is 1.97. The van der Waals surface area contributed by atoms with Crippen LogP contribution in [-0.2, 0) is 0 Å². The highest BCUT2D eigenvalue weighted by molar-refractivity contribution is 5.96. The monoisotopic (exact) mass is 149 g/mol. The van der Waals surface area contributed by atoms with Crippen LogP contribution in [0.4, 0.5) is 0 Å². The Morgan fingerprint density at radius 3 is 3.00 bits per heavy atom. The van der Waals surface area contributed by atoms with E-state index >= 15 is 0 Å². The Bertz CT molecular complexity index is 308. The van der Waals surface area contributed by atoms with E-state index < -0.39 is 0 Å². The van der Waals surface area contributed by atoms with E-state index in [1.165, 1.54) is 19.4 Å². The molecule has 0 aliphatic heterocycles. The van der Waals surface area contributed by atoms with Crippen LogP contribution in [0, 0.1) is 11.3 Å². The van der Waals surface area contributed by atoms with E-state index in [1.54, 1.807) is 0 Å². The molecule has 4 nitrogen and oxygen atoms in total. The van der Waals surface area contributed by atoms with Gasteiger partial charge in [-0.05, 0) is 0 Å². The van der Waals surface area contributed by atoms with Gasteiger partial charge in [-0.15, -0.1) is 0 Å². The van der Waals surface area contributed by atoms with Crippen molar-refractivity contribution in [2.75, 3.05) is 7.05 Å². The van der Waals surface area contributed by atoms with Gasteiger partial charge in [0, 0.05) is 19.4 Å². The van der Waals surface area contributed by atoms with Gasteiger partial charge in [-0.3, -0.25) is 4.79 Å². The minimum absolute atomic E-state index is 0.247. The Labute approximate surface area is 63.8 Å². The van der Waals surface area contributed by atoms with Crippen molar-refractivity contribution >= 4 is 5.91 Å². The number of nitriles is 1. The lowest BCUT2D eigenvalue weighted by Gasteiger charge is -1.93. The third-order valence-corrected chi connectivity index (χ3v) is 1.34. The topological polar surface area (TPSA) is 68.7 Å². The van der Waals surface area contributed by atoms with Crippen molar-refractivity contribution in [3.05, 3.63) is 23.5 Å². The predicted molar refractivity (Wildman–Crippen MR) is 38.9 cm³/mol. The summed E-state index contributed by atoms with van der Waals surface area (Å²) in [4.78, 5) is 13.7. The predicted octanol–water partition coefficient (Wildman–Crippen LogP) is 0.246. The van der Waals surface area contributed by atoms with Gasteiger partial charge >= 0.3 is 0 Å². The molecule has 0 bridgehead atoms. The average molecular weight is 149 g/mol. The number of carbonyl (C=O) groups excluding carboxylic acids is 1. The van der Waals surface area contributed by atoms with Crippen LogP contribution < -0.4 is 5.32 Å². The molecule has 1 rings (SSSR count). The van der Waals surface area contributed by atoms with Gasteiger partial charge in [-0.1, -0.05) is 0 Å². The van der Waals surface area contributed by atoms with Gasteiger partial charge in [-0.25, -0.2) is 0 Å². The van der Waals surface area contributed by atoms with Crippen molar-refractivity contribution in [1.82, 2.24) is 10.3 Å². The molecule has 0 radical (unpaired) electrons. The van der Waals surface area contributed by atoms with Gasteiger partial charge in [0.1, 0.15) is 6.07 Å². The molecular formula is C7H7N3O. The standard InChI is InChI=1S/C7H7N3O/c1-9-7(11)6-4-10-3-5(6)2-8/h3-4,10H,1H3,(H,9,11). The molecule has 4 heteroatoms. The van der Waals surface area contributed by atoms with Crippen molar-refractivity contribution in [1.29, 1.82) is 5.26 Å². The van der Waals surface area contributed by atoms with Crippen LogP contribution in [0.5, 0.6) is 0 Å². The molecule has 0 aromatic carbocycles. The highest BCUT2D eigenvalue weighted by atomic mass is 16.1. The molecule has 2 N–H and O–H groups in total. The largest absolute Gasteiger partial charge is 0.366 e. The van der Waals surface area contributed by atoms with Crippen molar-refractivity contribution in [3.63, 3.8) is 0 Å². The molecule has 1 aromatic rings. The molecule has 0 aliphatic rings. The summed E-state index contributed by atoms with van der Waals surface area (Å²) in [5, 5.41) is 10.9. The molecule has 1 amide bonds. The van der Waals surface area contributed by atoms with Crippen LogP contribution >= 0.6 is 0 Å². The number of nitrogens with zero attached hydrogens (tertiary/aromatic N) is 1. The molecule has 0 atom stereocenters. The molecular weight excluding hydrogens is 142 g/mol. The van der Waals surface area contributed by atoms with Crippen molar-refractivity contribution in [2.24, 2.45) is 0 Å². The lowest BCUT2D eigenvalue weighted by atomic mass is 10.2. The fraction of sp³-hybridized carbons (Fsp3) is 0.143. The maximum Gasteiger partial charge on any atom is 0.253 e. The molecule has 56 valence electrons. The lowest BCUT2D eigenvalue weighted by Crippen LogP contribution is -2.17. The van der Waals surface area contributed by atoms with Crippen molar-refractivity contribution in [3.8, 4) is 6.07 Å². The molecule has 0 spiro atoms. The maximum absolute atomic E-state index is 11.0. The summed E-state index contributed by atoms with van der Waals surface area (Å²) in [5.74, 6) is -0.247. The first-order chi connectivity index (χ1) is 5.29. The van der Waals surface area contributed by atoms with Crippen LogP contribution in [0.15, 0.2) is 12.4 Å². The van der Waals surface area contributed by atoms with Crippen LogP contribution in [0.1, 0.15) is 15.9 Å². The first-order valence-electron chi connectivity index (χ1n) is 3.08. The number of amides is 1. The highest BCUT2D eigenvalue weighted by Crippen LogP contribution is 2.04. The highest BCUT2D eigenvalue weighted by Gasteiger charge is 2.08. The van der Waals surface area contributed by atoms with Gasteiger partial charge in [0.15, 0.2) is 0 Å². The summed E-state index contributed by atoms with van der Waals surface area (Å²) in [5.41, 5.74) is 0.749. The zero-order valence-electron chi connectivity index (χ0n) is 6.01. The van der Waals surface area contributed by atoms with E-state index in [0.29, 0.717) is 11.1 Å². The maximum atomic E-state index is 11.0. The van der Waals surface area contributed by atoms with Gasteiger partial charge in [0.25, 0.3) is 5.91 Å². The van der Waals surface area contributed by atoms with Gasteiger partial charge in [-0.2, -0.15) is 5.26 Å². The fourth-order valence-electron chi connectivity index (χ4n) is 0.779. The summed E-state index contributed by atoms with van der Waals surface area (Å²) in [6.07, 6.45) is 2.99. The average Bonchev–Trinajstić information content (AvgIpc) is 2.50.